The molecular formula is C23H20ClF3N4O3. The maximum Gasteiger partial charge on any atom is 0.491 e. The van der Waals surface area contributed by atoms with Crippen LogP contribution in [0.5, 0.6) is 0 Å². The molecule has 1 N–H and O–H groups in total. The summed E-state index contributed by atoms with van der Waals surface area (Å²) in [5.74, 6) is -3.91. The summed E-state index contributed by atoms with van der Waals surface area (Å²) in [7, 11) is 0. The average molecular weight is 493 g/mol. The Morgan fingerprint density at radius 1 is 1.21 bits per heavy atom. The topological polar surface area (TPSA) is 86.1 Å². The normalized spacial score (nSPS) is 12.7. The monoisotopic (exact) mass is 492 g/mol. The summed E-state index contributed by atoms with van der Waals surface area (Å²) in [5, 5.41) is 8.38. The van der Waals surface area contributed by atoms with Crippen molar-refractivity contribution in [3.8, 4) is 11.3 Å². The van der Waals surface area contributed by atoms with Crippen LogP contribution < -0.4 is 5.32 Å². The lowest BCUT2D eigenvalue weighted by Gasteiger charge is -2.15. The first kappa shape index (κ1) is 23.9. The Morgan fingerprint density at radius 3 is 2.79 bits per heavy atom. The minimum absolute atomic E-state index is 0.134. The number of aromatic nitrogens is 3. The minimum atomic E-state index is -5.27. The van der Waals surface area contributed by atoms with Gasteiger partial charge in [0.05, 0.1) is 5.69 Å². The average Bonchev–Trinajstić information content (AvgIpc) is 3.17. The lowest BCUT2D eigenvalue weighted by Crippen LogP contribution is -2.29. The van der Waals surface area contributed by atoms with Gasteiger partial charge in [0.15, 0.2) is 5.69 Å². The van der Waals surface area contributed by atoms with Crippen molar-refractivity contribution in [2.24, 2.45) is 0 Å². The van der Waals surface area contributed by atoms with Gasteiger partial charge < -0.3 is 10.1 Å². The molecule has 0 amide bonds. The van der Waals surface area contributed by atoms with Gasteiger partial charge in [-0.05, 0) is 55.1 Å². The first-order valence-corrected chi connectivity index (χ1v) is 10.9. The molecule has 1 aliphatic carbocycles. The number of esters is 2. The van der Waals surface area contributed by atoms with Crippen molar-refractivity contribution < 1.29 is 27.5 Å². The van der Waals surface area contributed by atoms with Gasteiger partial charge >= 0.3 is 18.1 Å². The van der Waals surface area contributed by atoms with E-state index in [1.165, 1.54) is 4.68 Å². The van der Waals surface area contributed by atoms with Gasteiger partial charge in [0.1, 0.15) is 0 Å². The van der Waals surface area contributed by atoms with E-state index < -0.39 is 18.1 Å². The molecule has 0 radical (unpaired) electrons. The Labute approximate surface area is 197 Å². The number of halogens is 4. The molecule has 0 aliphatic heterocycles. The number of ether oxygens (including phenoxy) is 1. The van der Waals surface area contributed by atoms with Crippen molar-refractivity contribution in [2.75, 3.05) is 6.54 Å². The number of benzene rings is 1. The molecule has 2 aromatic heterocycles. The van der Waals surface area contributed by atoms with Crippen molar-refractivity contribution in [2.45, 2.75) is 38.5 Å². The van der Waals surface area contributed by atoms with Crippen LogP contribution in [-0.2, 0) is 35.5 Å². The van der Waals surface area contributed by atoms with Gasteiger partial charge in [-0.3, -0.25) is 9.67 Å². The Hall–Kier alpha value is -3.24. The first-order chi connectivity index (χ1) is 16.2. The largest absolute Gasteiger partial charge is 0.491 e. The Morgan fingerprint density at radius 2 is 2.03 bits per heavy atom. The van der Waals surface area contributed by atoms with Gasteiger partial charge in [0, 0.05) is 41.6 Å². The number of nitrogens with zero attached hydrogens (tertiary/aromatic N) is 3. The first-order valence-electron chi connectivity index (χ1n) is 10.6. The maximum absolute atomic E-state index is 12.7. The zero-order chi connectivity index (χ0) is 24.3. The molecule has 0 fully saturated rings. The molecular weight excluding hydrogens is 473 g/mol. The van der Waals surface area contributed by atoms with Gasteiger partial charge in [-0.1, -0.05) is 23.7 Å². The van der Waals surface area contributed by atoms with Gasteiger partial charge in [-0.25, -0.2) is 9.59 Å². The maximum atomic E-state index is 12.7. The molecule has 7 nitrogen and oxygen atoms in total. The SMILES string of the molecule is O=C(OC(=O)C(F)(F)F)c1c2c(nn1CCCNCc1cccc(Cl)c1)-c1ccncc1CC2. The van der Waals surface area contributed by atoms with Crippen molar-refractivity contribution in [1.29, 1.82) is 0 Å². The van der Waals surface area contributed by atoms with Crippen LogP contribution in [0.25, 0.3) is 11.3 Å². The van der Waals surface area contributed by atoms with Crippen molar-refractivity contribution in [3.63, 3.8) is 0 Å². The lowest BCUT2D eigenvalue weighted by atomic mass is 9.90. The fraction of sp³-hybridized carbons (Fsp3) is 0.304. The molecule has 1 aliphatic rings. The molecule has 0 spiro atoms. The van der Waals surface area contributed by atoms with E-state index in [4.69, 9.17) is 11.6 Å². The number of alkyl halides is 3. The third-order valence-corrected chi connectivity index (χ3v) is 5.64. The Balaban J connectivity index is 1.52. The van der Waals surface area contributed by atoms with Crippen LogP contribution in [-0.4, -0.2) is 39.4 Å². The Bertz CT molecular complexity index is 1230. The number of rotatable bonds is 7. The summed E-state index contributed by atoms with van der Waals surface area (Å²) in [4.78, 5) is 28.0. The predicted molar refractivity (Wildman–Crippen MR) is 117 cm³/mol. The zero-order valence-electron chi connectivity index (χ0n) is 17.9. The highest BCUT2D eigenvalue weighted by molar-refractivity contribution is 6.30. The molecule has 3 aromatic rings. The van der Waals surface area contributed by atoms with Gasteiger partial charge in [-0.2, -0.15) is 18.3 Å². The summed E-state index contributed by atoms with van der Waals surface area (Å²) >= 11 is 5.98. The van der Waals surface area contributed by atoms with Crippen LogP contribution in [0.1, 0.15) is 33.6 Å². The van der Waals surface area contributed by atoms with E-state index in [1.807, 2.05) is 18.2 Å². The fourth-order valence-electron chi connectivity index (χ4n) is 3.88. The quantitative estimate of drug-likeness (QED) is 0.303. The van der Waals surface area contributed by atoms with Crippen LogP contribution in [0.2, 0.25) is 5.02 Å². The molecule has 2 heterocycles. The molecule has 0 saturated heterocycles. The number of nitrogens with one attached hydrogen (secondary N) is 1. The van der Waals surface area contributed by atoms with Crippen LogP contribution in [0, 0.1) is 0 Å². The van der Waals surface area contributed by atoms with Crippen LogP contribution in [0.3, 0.4) is 0 Å². The smallest absolute Gasteiger partial charge is 0.381 e. The summed E-state index contributed by atoms with van der Waals surface area (Å²) in [6.45, 7) is 1.36. The summed E-state index contributed by atoms with van der Waals surface area (Å²) in [6.07, 6.45) is -0.566. The molecule has 1 aromatic carbocycles. The van der Waals surface area contributed by atoms with Gasteiger partial charge in [0.2, 0.25) is 0 Å². The van der Waals surface area contributed by atoms with E-state index in [-0.39, 0.29) is 12.2 Å². The summed E-state index contributed by atoms with van der Waals surface area (Å²) in [5.41, 5.74) is 3.50. The number of pyridine rings is 1. The number of carbonyl (C=O) groups is 2. The number of hydrogen-bond acceptors (Lipinski definition) is 6. The highest BCUT2D eigenvalue weighted by atomic mass is 35.5. The Kier molecular flexibility index (Phi) is 6.99. The summed E-state index contributed by atoms with van der Waals surface area (Å²) in [6, 6.07) is 9.14. The van der Waals surface area contributed by atoms with E-state index in [1.54, 1.807) is 24.5 Å². The minimum Gasteiger partial charge on any atom is -0.381 e. The molecule has 178 valence electrons. The highest BCUT2D eigenvalue weighted by Crippen LogP contribution is 2.34. The zero-order valence-corrected chi connectivity index (χ0v) is 18.6. The van der Waals surface area contributed by atoms with Gasteiger partial charge in [0.25, 0.3) is 0 Å². The van der Waals surface area contributed by atoms with E-state index in [0.29, 0.717) is 48.6 Å². The molecule has 0 saturated carbocycles. The van der Waals surface area contributed by atoms with Crippen molar-refractivity contribution in [3.05, 3.63) is 70.1 Å². The second-order valence-electron chi connectivity index (χ2n) is 7.77. The number of aryl methyl sites for hydroxylation is 2. The van der Waals surface area contributed by atoms with Crippen LogP contribution in [0.4, 0.5) is 13.2 Å². The van der Waals surface area contributed by atoms with Crippen molar-refractivity contribution >= 4 is 23.5 Å². The van der Waals surface area contributed by atoms with E-state index in [9.17, 15) is 22.8 Å². The second kappa shape index (κ2) is 9.94. The number of carbonyl (C=O) groups excluding carboxylic acids is 2. The van der Waals surface area contributed by atoms with Crippen molar-refractivity contribution in [1.82, 2.24) is 20.1 Å². The third kappa shape index (κ3) is 5.28. The molecule has 11 heteroatoms. The molecule has 4 rings (SSSR count). The number of hydrogen-bond donors (Lipinski definition) is 1. The summed E-state index contributed by atoms with van der Waals surface area (Å²) < 4.78 is 43.5. The molecule has 0 atom stereocenters. The molecule has 0 bridgehead atoms. The van der Waals surface area contributed by atoms with E-state index in [0.717, 1.165) is 16.7 Å². The highest BCUT2D eigenvalue weighted by Gasteiger charge is 2.43. The van der Waals surface area contributed by atoms with Crippen LogP contribution in [0.15, 0.2) is 42.7 Å². The fourth-order valence-corrected chi connectivity index (χ4v) is 4.10. The predicted octanol–water partition coefficient (Wildman–Crippen LogP) is 4.12. The number of fused-ring (bicyclic) bond motifs is 3. The van der Waals surface area contributed by atoms with E-state index in [2.05, 4.69) is 20.1 Å². The standard InChI is InChI=1S/C23H20ClF3N4O3/c24-16-4-1-3-14(11-16)12-28-8-2-10-31-20(21(32)34-22(33)23(25,26)27)18-6-5-15-13-29-9-7-17(15)19(18)30-31/h1,3-4,7,9,11,13,28H,2,5-6,8,10,12H2. The van der Waals surface area contributed by atoms with Crippen LogP contribution >= 0.6 is 11.6 Å². The molecule has 34 heavy (non-hydrogen) atoms. The van der Waals surface area contributed by atoms with Gasteiger partial charge in [-0.15, -0.1) is 0 Å². The third-order valence-electron chi connectivity index (χ3n) is 5.41. The van der Waals surface area contributed by atoms with E-state index >= 15 is 0 Å². The molecule has 0 unspecified atom stereocenters. The second-order valence-corrected chi connectivity index (χ2v) is 8.20. The lowest BCUT2D eigenvalue weighted by molar-refractivity contribution is -0.193.